The van der Waals surface area contributed by atoms with Crippen LogP contribution < -0.4 is 5.43 Å². The van der Waals surface area contributed by atoms with Gasteiger partial charge in [-0.15, -0.1) is 0 Å². The number of aromatic amines is 1. The van der Waals surface area contributed by atoms with E-state index < -0.39 is 18.1 Å². The van der Waals surface area contributed by atoms with Gasteiger partial charge in [0.05, 0.1) is 7.11 Å². The number of carbonyl (C=O) groups excluding carboxylic acids is 2. The highest BCUT2D eigenvalue weighted by atomic mass is 16.6. The Morgan fingerprint density at radius 3 is 2.23 bits per heavy atom. The van der Waals surface area contributed by atoms with E-state index in [-0.39, 0.29) is 18.9 Å². The van der Waals surface area contributed by atoms with Crippen molar-refractivity contribution in [3.8, 4) is 11.1 Å². The Labute approximate surface area is 251 Å². The van der Waals surface area contributed by atoms with Gasteiger partial charge in [0.2, 0.25) is 0 Å². The lowest BCUT2D eigenvalue weighted by Crippen LogP contribution is -2.54. The van der Waals surface area contributed by atoms with Crippen molar-refractivity contribution < 1.29 is 19.1 Å². The largest absolute Gasteiger partial charge is 0.467 e. The van der Waals surface area contributed by atoms with Crippen molar-refractivity contribution in [2.75, 3.05) is 20.3 Å². The Kier molecular flexibility index (Phi) is 8.52. The number of nitrogens with one attached hydrogen (secondary N) is 2. The first-order valence-electron chi connectivity index (χ1n) is 14.7. The molecule has 2 N–H and O–H groups in total. The van der Waals surface area contributed by atoms with E-state index in [1.54, 1.807) is 0 Å². The maximum Gasteiger partial charge on any atom is 0.425 e. The van der Waals surface area contributed by atoms with Gasteiger partial charge in [-0.25, -0.2) is 20.0 Å². The highest BCUT2D eigenvalue weighted by molar-refractivity contribution is 5.86. The molecule has 0 radical (unpaired) electrons. The monoisotopic (exact) mass is 573 g/mol. The third-order valence-electron chi connectivity index (χ3n) is 8.17. The number of aromatic nitrogens is 1. The number of H-pyrrole nitrogens is 1. The standard InChI is InChI=1S/C36H35N3O4/c1-42-35(40)34(22-26-23-37-33-20-10-9-15-27(26)33)39(38-21-11-14-25-12-3-2-4-13-25)36(41)43-24-32-30-18-7-5-16-28(30)29-17-6-8-19-31(29)32/h2-10,12-13,15-20,23,32,34,37-38H,11,14,21-22,24H2,1H3. The zero-order valence-electron chi connectivity index (χ0n) is 24.2. The van der Waals surface area contributed by atoms with Crippen LogP contribution in [0.15, 0.2) is 109 Å². The Balaban J connectivity index is 1.23. The third-order valence-corrected chi connectivity index (χ3v) is 8.17. The summed E-state index contributed by atoms with van der Waals surface area (Å²) in [5.74, 6) is -0.615. The van der Waals surface area contributed by atoms with Crippen LogP contribution in [0, 0.1) is 0 Å². The number of hydrogen-bond donors (Lipinski definition) is 2. The first-order valence-corrected chi connectivity index (χ1v) is 14.7. The van der Waals surface area contributed by atoms with Crippen molar-refractivity contribution in [3.63, 3.8) is 0 Å². The van der Waals surface area contributed by atoms with Crippen LogP contribution in [0.2, 0.25) is 0 Å². The summed E-state index contributed by atoms with van der Waals surface area (Å²) in [6, 6.07) is 33.6. The number of fused-ring (bicyclic) bond motifs is 4. The highest BCUT2D eigenvalue weighted by Crippen LogP contribution is 2.44. The average molecular weight is 574 g/mol. The number of amides is 1. The molecule has 218 valence electrons. The van der Waals surface area contributed by atoms with Crippen molar-refractivity contribution in [1.82, 2.24) is 15.4 Å². The minimum absolute atomic E-state index is 0.0959. The molecule has 1 amide bonds. The van der Waals surface area contributed by atoms with E-state index in [1.165, 1.54) is 17.7 Å². The van der Waals surface area contributed by atoms with Gasteiger partial charge in [-0.3, -0.25) is 0 Å². The van der Waals surface area contributed by atoms with Gasteiger partial charge in [0, 0.05) is 36.0 Å². The van der Waals surface area contributed by atoms with E-state index in [0.717, 1.165) is 51.6 Å². The van der Waals surface area contributed by atoms with Crippen LogP contribution in [-0.4, -0.2) is 48.4 Å². The summed E-state index contributed by atoms with van der Waals surface area (Å²) in [7, 11) is 1.34. The number of methoxy groups -OCH3 is 1. The van der Waals surface area contributed by atoms with E-state index in [4.69, 9.17) is 9.47 Å². The Bertz CT molecular complexity index is 1670. The lowest BCUT2D eigenvalue weighted by molar-refractivity contribution is -0.147. The van der Waals surface area contributed by atoms with Crippen molar-refractivity contribution in [3.05, 3.63) is 132 Å². The number of hydrogen-bond acceptors (Lipinski definition) is 5. The van der Waals surface area contributed by atoms with Crippen LogP contribution in [0.3, 0.4) is 0 Å². The molecule has 0 bridgehead atoms. The molecule has 0 saturated heterocycles. The number of para-hydroxylation sites is 1. The number of nitrogens with zero attached hydrogens (tertiary/aromatic N) is 1. The summed E-state index contributed by atoms with van der Waals surface area (Å²) in [6.07, 6.45) is 3.12. The fourth-order valence-electron chi connectivity index (χ4n) is 6.03. The van der Waals surface area contributed by atoms with Crippen LogP contribution >= 0.6 is 0 Å². The molecule has 1 heterocycles. The van der Waals surface area contributed by atoms with Gasteiger partial charge >= 0.3 is 12.1 Å². The summed E-state index contributed by atoms with van der Waals surface area (Å²) >= 11 is 0. The van der Waals surface area contributed by atoms with E-state index >= 15 is 0 Å². The van der Waals surface area contributed by atoms with Crippen molar-refractivity contribution in [1.29, 1.82) is 0 Å². The van der Waals surface area contributed by atoms with Crippen molar-refractivity contribution in [2.45, 2.75) is 31.2 Å². The number of ether oxygens (including phenoxy) is 2. The quantitative estimate of drug-likeness (QED) is 0.105. The molecular weight excluding hydrogens is 538 g/mol. The van der Waals surface area contributed by atoms with Gasteiger partial charge in [0.25, 0.3) is 0 Å². The number of rotatable bonds is 11. The molecule has 6 rings (SSSR count). The molecule has 1 aliphatic carbocycles. The second-order valence-corrected chi connectivity index (χ2v) is 10.8. The number of aryl methyl sites for hydroxylation is 1. The molecule has 7 nitrogen and oxygen atoms in total. The summed E-state index contributed by atoms with van der Waals surface area (Å²) in [4.78, 5) is 30.4. The molecule has 0 fully saturated rings. The van der Waals surface area contributed by atoms with E-state index in [2.05, 4.69) is 46.8 Å². The lowest BCUT2D eigenvalue weighted by atomic mass is 9.98. The molecule has 0 spiro atoms. The van der Waals surface area contributed by atoms with E-state index in [1.807, 2.05) is 72.9 Å². The summed E-state index contributed by atoms with van der Waals surface area (Å²) in [5, 5.41) is 2.32. The predicted molar refractivity (Wildman–Crippen MR) is 167 cm³/mol. The highest BCUT2D eigenvalue weighted by Gasteiger charge is 2.35. The number of hydrazine groups is 1. The molecule has 1 aromatic heterocycles. The molecule has 5 aromatic rings. The predicted octanol–water partition coefficient (Wildman–Crippen LogP) is 6.64. The summed E-state index contributed by atoms with van der Waals surface area (Å²) in [6.45, 7) is 0.622. The van der Waals surface area contributed by atoms with Crippen LogP contribution in [0.25, 0.3) is 22.0 Å². The molecule has 7 heteroatoms. The van der Waals surface area contributed by atoms with Gasteiger partial charge < -0.3 is 14.5 Å². The minimum atomic E-state index is -0.934. The molecule has 1 atom stereocenters. The average Bonchev–Trinajstić information content (AvgIpc) is 3.61. The fraction of sp³-hybridized carbons (Fsp3) is 0.222. The summed E-state index contributed by atoms with van der Waals surface area (Å²) < 4.78 is 11.2. The normalized spacial score (nSPS) is 12.9. The second kappa shape index (κ2) is 13.0. The maximum absolute atomic E-state index is 13.9. The van der Waals surface area contributed by atoms with Gasteiger partial charge in [-0.1, -0.05) is 97.1 Å². The van der Waals surface area contributed by atoms with Gasteiger partial charge in [0.15, 0.2) is 6.04 Å². The topological polar surface area (TPSA) is 83.7 Å². The first kappa shape index (κ1) is 28.2. The summed E-state index contributed by atoms with van der Waals surface area (Å²) in [5.41, 5.74) is 10.9. The minimum Gasteiger partial charge on any atom is -0.467 e. The van der Waals surface area contributed by atoms with Crippen molar-refractivity contribution in [2.24, 2.45) is 0 Å². The molecule has 0 saturated carbocycles. The maximum atomic E-state index is 13.9. The third kappa shape index (κ3) is 6.03. The van der Waals surface area contributed by atoms with E-state index in [0.29, 0.717) is 6.54 Å². The van der Waals surface area contributed by atoms with Gasteiger partial charge in [-0.05, 0) is 52.3 Å². The Morgan fingerprint density at radius 2 is 1.51 bits per heavy atom. The molecule has 43 heavy (non-hydrogen) atoms. The SMILES string of the molecule is COC(=O)C(Cc1c[nH]c2ccccc12)N(NCCCc1ccccc1)C(=O)OCC1c2ccccc2-c2ccccc21. The van der Waals surface area contributed by atoms with Crippen molar-refractivity contribution >= 4 is 23.0 Å². The van der Waals surface area contributed by atoms with Crippen LogP contribution in [0.5, 0.6) is 0 Å². The lowest BCUT2D eigenvalue weighted by Gasteiger charge is -2.30. The molecule has 0 aliphatic heterocycles. The zero-order valence-corrected chi connectivity index (χ0v) is 24.2. The fourth-order valence-corrected chi connectivity index (χ4v) is 6.03. The van der Waals surface area contributed by atoms with Gasteiger partial charge in [-0.2, -0.15) is 0 Å². The molecule has 1 aliphatic rings. The second-order valence-electron chi connectivity index (χ2n) is 10.8. The van der Waals surface area contributed by atoms with Crippen LogP contribution in [-0.2, 0) is 27.1 Å². The Hall–Kier alpha value is -4.88. The number of esters is 1. The molecular formula is C36H35N3O4. The van der Waals surface area contributed by atoms with Crippen LogP contribution in [0.4, 0.5) is 4.79 Å². The molecule has 4 aromatic carbocycles. The van der Waals surface area contributed by atoms with Crippen LogP contribution in [0.1, 0.15) is 34.6 Å². The zero-order chi connectivity index (χ0) is 29.6. The van der Waals surface area contributed by atoms with E-state index in [9.17, 15) is 9.59 Å². The first-order chi connectivity index (χ1) is 21.1. The smallest absolute Gasteiger partial charge is 0.425 e. The molecule has 1 unspecified atom stereocenters. The Morgan fingerprint density at radius 1 is 0.860 bits per heavy atom. The van der Waals surface area contributed by atoms with Gasteiger partial charge in [0.1, 0.15) is 6.61 Å². The number of benzene rings is 4. The number of carbonyl (C=O) groups is 2.